The van der Waals surface area contributed by atoms with Crippen LogP contribution in [0.25, 0.3) is 0 Å². The van der Waals surface area contributed by atoms with Crippen LogP contribution in [-0.2, 0) is 6.54 Å². The summed E-state index contributed by atoms with van der Waals surface area (Å²) in [6, 6.07) is 17.4. The molecule has 4 heteroatoms. The number of hydrogen-bond acceptors (Lipinski definition) is 3. The monoisotopic (exact) mass is 338 g/mol. The summed E-state index contributed by atoms with van der Waals surface area (Å²) in [5.74, 6) is 0.522. The Labute approximate surface area is 149 Å². The number of para-hydroxylation sites is 1. The van der Waals surface area contributed by atoms with Crippen LogP contribution in [0, 0.1) is 5.92 Å². The van der Waals surface area contributed by atoms with Gasteiger partial charge in [0, 0.05) is 30.9 Å². The van der Waals surface area contributed by atoms with Gasteiger partial charge in [-0.3, -0.25) is 9.69 Å². The van der Waals surface area contributed by atoms with E-state index in [2.05, 4.69) is 10.2 Å². The van der Waals surface area contributed by atoms with Crippen molar-refractivity contribution < 1.29 is 9.90 Å². The first kappa shape index (κ1) is 17.6. The molecule has 1 aliphatic heterocycles. The van der Waals surface area contributed by atoms with Crippen molar-refractivity contribution in [2.24, 2.45) is 5.92 Å². The van der Waals surface area contributed by atoms with E-state index < -0.39 is 0 Å². The van der Waals surface area contributed by atoms with Gasteiger partial charge >= 0.3 is 0 Å². The van der Waals surface area contributed by atoms with Crippen LogP contribution in [0.3, 0.4) is 0 Å². The first-order valence-electron chi connectivity index (χ1n) is 9.03. The van der Waals surface area contributed by atoms with Crippen molar-refractivity contribution in [3.63, 3.8) is 0 Å². The highest BCUT2D eigenvalue weighted by atomic mass is 16.3. The van der Waals surface area contributed by atoms with E-state index in [1.165, 1.54) is 18.4 Å². The minimum Gasteiger partial charge on any atom is -0.396 e. The molecule has 25 heavy (non-hydrogen) atoms. The number of aliphatic hydroxyl groups is 1. The van der Waals surface area contributed by atoms with Crippen molar-refractivity contribution >= 4 is 11.6 Å². The molecule has 0 aromatic heterocycles. The molecule has 1 atom stereocenters. The van der Waals surface area contributed by atoms with E-state index in [1.54, 1.807) is 0 Å². The highest BCUT2D eigenvalue weighted by molar-refractivity contribution is 6.04. The van der Waals surface area contributed by atoms with Crippen LogP contribution in [0.2, 0.25) is 0 Å². The third-order valence-corrected chi connectivity index (χ3v) is 4.79. The summed E-state index contributed by atoms with van der Waals surface area (Å²) in [5.41, 5.74) is 2.70. The Kier molecular flexibility index (Phi) is 6.20. The Morgan fingerprint density at radius 3 is 2.60 bits per heavy atom. The molecule has 2 N–H and O–H groups in total. The van der Waals surface area contributed by atoms with Crippen molar-refractivity contribution in [1.82, 2.24) is 4.90 Å². The molecule has 1 amide bonds. The summed E-state index contributed by atoms with van der Waals surface area (Å²) in [4.78, 5) is 14.7. The number of benzene rings is 2. The fourth-order valence-electron chi connectivity index (χ4n) is 3.46. The lowest BCUT2D eigenvalue weighted by Gasteiger charge is -2.32. The summed E-state index contributed by atoms with van der Waals surface area (Å²) in [7, 11) is 0. The normalized spacial score (nSPS) is 18.0. The van der Waals surface area contributed by atoms with Crippen LogP contribution in [-0.4, -0.2) is 35.6 Å². The number of hydrogen-bond donors (Lipinski definition) is 2. The van der Waals surface area contributed by atoms with Crippen molar-refractivity contribution in [3.8, 4) is 0 Å². The Balaban J connectivity index is 1.56. The minimum absolute atomic E-state index is 0.0845. The fourth-order valence-corrected chi connectivity index (χ4v) is 3.46. The minimum atomic E-state index is -0.0845. The maximum absolute atomic E-state index is 12.3. The molecule has 0 aliphatic carbocycles. The van der Waals surface area contributed by atoms with Crippen LogP contribution < -0.4 is 5.32 Å². The van der Waals surface area contributed by atoms with Crippen LogP contribution >= 0.6 is 0 Å². The Bertz CT molecular complexity index is 668. The largest absolute Gasteiger partial charge is 0.396 e. The van der Waals surface area contributed by atoms with Crippen LogP contribution in [0.4, 0.5) is 5.69 Å². The zero-order chi connectivity index (χ0) is 17.5. The van der Waals surface area contributed by atoms with Gasteiger partial charge in [0.25, 0.3) is 5.91 Å². The standard InChI is InChI=1S/C21H26N2O2/c24-14-12-17-5-4-13-23(15-17)16-18-8-10-19(11-9-18)21(25)22-20-6-2-1-3-7-20/h1-3,6-11,17,24H,4-5,12-16H2,(H,22,25)/t17-/m0/s1. The molecule has 0 radical (unpaired) electrons. The van der Waals surface area contributed by atoms with Gasteiger partial charge in [0.15, 0.2) is 0 Å². The number of aliphatic hydroxyl groups excluding tert-OH is 1. The molecule has 0 unspecified atom stereocenters. The van der Waals surface area contributed by atoms with Gasteiger partial charge in [0.05, 0.1) is 0 Å². The third kappa shape index (κ3) is 5.15. The van der Waals surface area contributed by atoms with Crippen molar-refractivity contribution in [2.45, 2.75) is 25.8 Å². The summed E-state index contributed by atoms with van der Waals surface area (Å²) >= 11 is 0. The smallest absolute Gasteiger partial charge is 0.255 e. The average Bonchev–Trinajstić information content (AvgIpc) is 2.64. The summed E-state index contributed by atoms with van der Waals surface area (Å²) in [5, 5.41) is 12.0. The number of anilines is 1. The van der Waals surface area contributed by atoms with E-state index in [1.807, 2.05) is 54.6 Å². The Morgan fingerprint density at radius 2 is 1.88 bits per heavy atom. The number of rotatable bonds is 6. The number of nitrogens with one attached hydrogen (secondary N) is 1. The lowest BCUT2D eigenvalue weighted by Crippen LogP contribution is -2.35. The molecule has 0 saturated carbocycles. The van der Waals surface area contributed by atoms with Crippen molar-refractivity contribution in [3.05, 3.63) is 65.7 Å². The van der Waals surface area contributed by atoms with Crippen molar-refractivity contribution in [2.75, 3.05) is 25.0 Å². The SMILES string of the molecule is O=C(Nc1ccccc1)c1ccc(CN2CCC[C@@H](CCO)C2)cc1. The third-order valence-electron chi connectivity index (χ3n) is 4.79. The van der Waals surface area contributed by atoms with E-state index in [4.69, 9.17) is 5.11 Å². The Morgan fingerprint density at radius 1 is 1.12 bits per heavy atom. The molecule has 0 bridgehead atoms. The van der Waals surface area contributed by atoms with Gasteiger partial charge in [-0.05, 0) is 61.6 Å². The molecule has 0 spiro atoms. The molecule has 1 heterocycles. The number of amides is 1. The highest BCUT2D eigenvalue weighted by Crippen LogP contribution is 2.21. The number of piperidine rings is 1. The lowest BCUT2D eigenvalue weighted by molar-refractivity contribution is 0.102. The van der Waals surface area contributed by atoms with Gasteiger partial charge in [0.1, 0.15) is 0 Å². The fraction of sp³-hybridized carbons (Fsp3) is 0.381. The number of nitrogens with zero attached hydrogens (tertiary/aromatic N) is 1. The first-order valence-corrected chi connectivity index (χ1v) is 9.03. The zero-order valence-electron chi connectivity index (χ0n) is 14.5. The van der Waals surface area contributed by atoms with E-state index >= 15 is 0 Å². The van der Waals surface area contributed by atoms with Gasteiger partial charge in [-0.2, -0.15) is 0 Å². The second-order valence-electron chi connectivity index (χ2n) is 6.77. The predicted octanol–water partition coefficient (Wildman–Crippen LogP) is 3.53. The summed E-state index contributed by atoms with van der Waals surface area (Å²) < 4.78 is 0. The van der Waals surface area contributed by atoms with Crippen LogP contribution in [0.5, 0.6) is 0 Å². The molecule has 3 rings (SSSR count). The molecule has 2 aromatic carbocycles. The van der Waals surface area contributed by atoms with Gasteiger partial charge in [-0.15, -0.1) is 0 Å². The molecular formula is C21H26N2O2. The molecular weight excluding hydrogens is 312 g/mol. The quantitative estimate of drug-likeness (QED) is 0.847. The van der Waals surface area contributed by atoms with Gasteiger partial charge in [-0.25, -0.2) is 0 Å². The highest BCUT2D eigenvalue weighted by Gasteiger charge is 2.19. The van der Waals surface area contributed by atoms with E-state index in [-0.39, 0.29) is 12.5 Å². The van der Waals surface area contributed by atoms with Gasteiger partial charge < -0.3 is 10.4 Å². The van der Waals surface area contributed by atoms with Gasteiger partial charge in [0.2, 0.25) is 0 Å². The average molecular weight is 338 g/mol. The number of carbonyl (C=O) groups is 1. The molecule has 4 nitrogen and oxygen atoms in total. The van der Waals surface area contributed by atoms with Gasteiger partial charge in [-0.1, -0.05) is 30.3 Å². The molecule has 1 saturated heterocycles. The summed E-state index contributed by atoms with van der Waals surface area (Å²) in [6.45, 7) is 3.35. The van der Waals surface area contributed by atoms with Crippen LogP contribution in [0.15, 0.2) is 54.6 Å². The predicted molar refractivity (Wildman–Crippen MR) is 101 cm³/mol. The van der Waals surface area contributed by atoms with E-state index in [9.17, 15) is 4.79 Å². The maximum atomic E-state index is 12.3. The second-order valence-corrected chi connectivity index (χ2v) is 6.77. The van der Waals surface area contributed by atoms with E-state index in [0.29, 0.717) is 11.5 Å². The summed E-state index contributed by atoms with van der Waals surface area (Å²) in [6.07, 6.45) is 3.31. The number of likely N-dealkylation sites (tertiary alicyclic amines) is 1. The zero-order valence-corrected chi connectivity index (χ0v) is 14.5. The second kappa shape index (κ2) is 8.79. The van der Waals surface area contributed by atoms with Crippen molar-refractivity contribution in [1.29, 1.82) is 0 Å². The molecule has 132 valence electrons. The molecule has 1 fully saturated rings. The molecule has 2 aromatic rings. The lowest BCUT2D eigenvalue weighted by atomic mass is 9.95. The molecule has 1 aliphatic rings. The maximum Gasteiger partial charge on any atom is 0.255 e. The van der Waals surface area contributed by atoms with E-state index in [0.717, 1.165) is 31.7 Å². The topological polar surface area (TPSA) is 52.6 Å². The van der Waals surface area contributed by atoms with Crippen LogP contribution in [0.1, 0.15) is 35.2 Å². The first-order chi connectivity index (χ1) is 12.2. The Hall–Kier alpha value is -2.17. The number of carbonyl (C=O) groups excluding carboxylic acids is 1.